The molecule has 1 aliphatic rings. The van der Waals surface area contributed by atoms with Crippen molar-refractivity contribution in [3.8, 4) is 12.1 Å². The molecular formula is C13H8N6. The predicted octanol–water partition coefficient (Wildman–Crippen LogP) is 2.04. The molecule has 0 saturated carbocycles. The largest absolute Gasteiger partial charge is 0.335 e. The number of benzene rings is 1. The van der Waals surface area contributed by atoms with Gasteiger partial charge in [0, 0.05) is 7.05 Å². The van der Waals surface area contributed by atoms with Gasteiger partial charge in [-0.1, -0.05) is 12.1 Å². The van der Waals surface area contributed by atoms with Crippen LogP contribution in [0.1, 0.15) is 11.4 Å². The number of hydrogen-bond acceptors (Lipinski definition) is 6. The van der Waals surface area contributed by atoms with E-state index in [0.29, 0.717) is 11.6 Å². The molecule has 0 bridgehead atoms. The van der Waals surface area contributed by atoms with E-state index in [1.165, 1.54) is 0 Å². The Bertz CT molecular complexity index is 753. The Hall–Kier alpha value is -3.12. The second-order valence-electron chi connectivity index (χ2n) is 4.02. The normalized spacial score (nSPS) is 11.6. The highest BCUT2D eigenvalue weighted by atomic mass is 15.3. The molecule has 1 aromatic carbocycles. The van der Waals surface area contributed by atoms with Gasteiger partial charge in [-0.25, -0.2) is 9.97 Å². The SMILES string of the molecule is CN1c2ccccc2Nc2nc(C#N)c(C#N)nc21. The van der Waals surface area contributed by atoms with Gasteiger partial charge in [0.15, 0.2) is 23.0 Å². The molecule has 0 radical (unpaired) electrons. The van der Waals surface area contributed by atoms with Crippen LogP contribution in [0.15, 0.2) is 24.3 Å². The van der Waals surface area contributed by atoms with Gasteiger partial charge in [-0.2, -0.15) is 10.5 Å². The van der Waals surface area contributed by atoms with E-state index in [1.54, 1.807) is 0 Å². The summed E-state index contributed by atoms with van der Waals surface area (Å²) in [5, 5.41) is 21.1. The topological polar surface area (TPSA) is 88.6 Å². The van der Waals surface area contributed by atoms with Crippen molar-refractivity contribution >= 4 is 23.0 Å². The Morgan fingerprint density at radius 2 is 1.79 bits per heavy atom. The minimum Gasteiger partial charge on any atom is -0.335 e. The van der Waals surface area contributed by atoms with Crippen molar-refractivity contribution in [1.82, 2.24) is 9.97 Å². The average molecular weight is 248 g/mol. The van der Waals surface area contributed by atoms with Crippen molar-refractivity contribution in [3.05, 3.63) is 35.7 Å². The third kappa shape index (κ3) is 1.55. The van der Waals surface area contributed by atoms with E-state index >= 15 is 0 Å². The van der Waals surface area contributed by atoms with E-state index in [0.717, 1.165) is 11.4 Å². The fraction of sp³-hybridized carbons (Fsp3) is 0.0769. The van der Waals surface area contributed by atoms with Crippen molar-refractivity contribution < 1.29 is 0 Å². The number of anilines is 4. The van der Waals surface area contributed by atoms with Gasteiger partial charge in [0.1, 0.15) is 12.1 Å². The molecule has 0 atom stereocenters. The lowest BCUT2D eigenvalue weighted by Crippen LogP contribution is -2.21. The molecule has 3 rings (SSSR count). The summed E-state index contributed by atoms with van der Waals surface area (Å²) < 4.78 is 0. The highest BCUT2D eigenvalue weighted by molar-refractivity contribution is 5.88. The summed E-state index contributed by atoms with van der Waals surface area (Å²) in [4.78, 5) is 10.2. The van der Waals surface area contributed by atoms with Crippen LogP contribution in [0.4, 0.5) is 23.0 Å². The number of rotatable bonds is 0. The van der Waals surface area contributed by atoms with E-state index < -0.39 is 0 Å². The summed E-state index contributed by atoms with van der Waals surface area (Å²) in [5.41, 5.74) is 1.90. The first kappa shape index (κ1) is 11.0. The predicted molar refractivity (Wildman–Crippen MR) is 69.2 cm³/mol. The molecule has 0 unspecified atom stereocenters. The zero-order valence-electron chi connectivity index (χ0n) is 10.0. The van der Waals surface area contributed by atoms with Gasteiger partial charge in [0.2, 0.25) is 0 Å². The zero-order valence-corrected chi connectivity index (χ0v) is 10.0. The lowest BCUT2D eigenvalue weighted by Gasteiger charge is -2.28. The Labute approximate surface area is 109 Å². The van der Waals surface area contributed by atoms with Gasteiger partial charge >= 0.3 is 0 Å². The molecule has 19 heavy (non-hydrogen) atoms. The summed E-state index contributed by atoms with van der Waals surface area (Å²) >= 11 is 0. The van der Waals surface area contributed by atoms with E-state index in [4.69, 9.17) is 10.5 Å². The Kier molecular flexibility index (Phi) is 2.30. The van der Waals surface area contributed by atoms with Crippen LogP contribution in [0.3, 0.4) is 0 Å². The molecule has 2 aromatic rings. The number of nitrogens with zero attached hydrogens (tertiary/aromatic N) is 5. The van der Waals surface area contributed by atoms with Gasteiger partial charge in [0.25, 0.3) is 0 Å². The quantitative estimate of drug-likeness (QED) is 0.767. The van der Waals surface area contributed by atoms with Crippen molar-refractivity contribution in [1.29, 1.82) is 10.5 Å². The van der Waals surface area contributed by atoms with Crippen LogP contribution in [0.25, 0.3) is 0 Å². The molecule has 2 heterocycles. The molecule has 1 aromatic heterocycles. The summed E-state index contributed by atoms with van der Waals surface area (Å²) in [7, 11) is 1.85. The molecule has 0 fully saturated rings. The molecule has 1 N–H and O–H groups in total. The van der Waals surface area contributed by atoms with E-state index in [9.17, 15) is 0 Å². The Balaban J connectivity index is 2.22. The second kappa shape index (κ2) is 3.97. The lowest BCUT2D eigenvalue weighted by molar-refractivity contribution is 1.04. The maximum atomic E-state index is 8.99. The van der Waals surface area contributed by atoms with Crippen LogP contribution < -0.4 is 10.2 Å². The van der Waals surface area contributed by atoms with Gasteiger partial charge in [0.05, 0.1) is 11.4 Å². The summed E-state index contributed by atoms with van der Waals surface area (Å²) in [6.45, 7) is 0. The van der Waals surface area contributed by atoms with Crippen LogP contribution >= 0.6 is 0 Å². The van der Waals surface area contributed by atoms with Crippen LogP contribution in [0.2, 0.25) is 0 Å². The molecule has 90 valence electrons. The number of nitrogens with one attached hydrogen (secondary N) is 1. The van der Waals surface area contributed by atoms with E-state index in [-0.39, 0.29) is 11.4 Å². The van der Waals surface area contributed by atoms with Gasteiger partial charge in [-0.15, -0.1) is 0 Å². The number of nitriles is 2. The molecule has 6 heteroatoms. The molecule has 0 amide bonds. The number of para-hydroxylation sites is 2. The average Bonchev–Trinajstić information content (AvgIpc) is 2.46. The Morgan fingerprint density at radius 3 is 2.53 bits per heavy atom. The third-order valence-electron chi connectivity index (χ3n) is 2.93. The van der Waals surface area contributed by atoms with Crippen molar-refractivity contribution in [3.63, 3.8) is 0 Å². The zero-order chi connectivity index (χ0) is 13.4. The van der Waals surface area contributed by atoms with E-state index in [1.807, 2.05) is 48.4 Å². The lowest BCUT2D eigenvalue weighted by atomic mass is 10.2. The number of hydrogen-bond donors (Lipinski definition) is 1. The highest BCUT2D eigenvalue weighted by Crippen LogP contribution is 2.40. The molecule has 0 spiro atoms. The van der Waals surface area contributed by atoms with Crippen molar-refractivity contribution in [2.45, 2.75) is 0 Å². The maximum absolute atomic E-state index is 8.99. The maximum Gasteiger partial charge on any atom is 0.179 e. The molecular weight excluding hydrogens is 240 g/mol. The van der Waals surface area contributed by atoms with E-state index in [2.05, 4.69) is 15.3 Å². The first-order valence-electron chi connectivity index (χ1n) is 5.56. The van der Waals surface area contributed by atoms with Crippen LogP contribution in [-0.2, 0) is 0 Å². The first-order chi connectivity index (χ1) is 9.24. The van der Waals surface area contributed by atoms with Gasteiger partial charge in [-0.05, 0) is 12.1 Å². The van der Waals surface area contributed by atoms with Crippen LogP contribution in [0.5, 0.6) is 0 Å². The monoisotopic (exact) mass is 248 g/mol. The number of fused-ring (bicyclic) bond motifs is 2. The summed E-state index contributed by atoms with van der Waals surface area (Å²) in [5.74, 6) is 1.02. The Morgan fingerprint density at radius 1 is 1.11 bits per heavy atom. The summed E-state index contributed by atoms with van der Waals surface area (Å²) in [6.07, 6.45) is 0. The fourth-order valence-electron chi connectivity index (χ4n) is 2.01. The molecule has 1 aliphatic heterocycles. The van der Waals surface area contributed by atoms with Gasteiger partial charge in [-0.3, -0.25) is 0 Å². The molecule has 0 saturated heterocycles. The van der Waals surface area contributed by atoms with Crippen LogP contribution in [0, 0.1) is 22.7 Å². The summed E-state index contributed by atoms with van der Waals surface area (Å²) in [6, 6.07) is 11.5. The van der Waals surface area contributed by atoms with Crippen molar-refractivity contribution in [2.24, 2.45) is 0 Å². The van der Waals surface area contributed by atoms with Gasteiger partial charge < -0.3 is 10.2 Å². The highest BCUT2D eigenvalue weighted by Gasteiger charge is 2.24. The van der Waals surface area contributed by atoms with Crippen molar-refractivity contribution in [2.75, 3.05) is 17.3 Å². The van der Waals surface area contributed by atoms with Crippen LogP contribution in [-0.4, -0.2) is 17.0 Å². The smallest absolute Gasteiger partial charge is 0.179 e. The third-order valence-corrected chi connectivity index (χ3v) is 2.93. The first-order valence-corrected chi connectivity index (χ1v) is 5.56. The molecule has 6 nitrogen and oxygen atoms in total. The standard InChI is InChI=1S/C13H8N6/c1-19-11-5-3-2-4-8(11)16-12-13(19)18-10(7-15)9(6-14)17-12/h2-5H,1H3,(H,16,17). The second-order valence-corrected chi connectivity index (χ2v) is 4.02. The molecule has 0 aliphatic carbocycles. The minimum absolute atomic E-state index is 0.0292. The fourth-order valence-corrected chi connectivity index (χ4v) is 2.01. The number of aromatic nitrogens is 2. The minimum atomic E-state index is 0.0292.